The summed E-state index contributed by atoms with van der Waals surface area (Å²) in [5, 5.41) is 8.30. The zero-order valence-electron chi connectivity index (χ0n) is 16.0. The summed E-state index contributed by atoms with van der Waals surface area (Å²) >= 11 is -1.63. The second kappa shape index (κ2) is 10.3. The predicted molar refractivity (Wildman–Crippen MR) is 112 cm³/mol. The molecule has 0 saturated carbocycles. The van der Waals surface area contributed by atoms with Crippen molar-refractivity contribution in [2.45, 2.75) is 0 Å². The average Bonchev–Trinajstić information content (AvgIpc) is 2.83. The Kier molecular flexibility index (Phi) is 7.47. The summed E-state index contributed by atoms with van der Waals surface area (Å²) in [6.07, 6.45) is 0. The monoisotopic (exact) mass is 489 g/mol. The molecule has 4 aromatic carbocycles. The molecule has 0 aliphatic rings. The van der Waals surface area contributed by atoms with Crippen LogP contribution in [0.5, 0.6) is 5.75 Å². The van der Waals surface area contributed by atoms with Crippen LogP contribution in [0.25, 0.3) is 0 Å². The summed E-state index contributed by atoms with van der Waals surface area (Å²) in [5.74, 6) is -12.9. The SMILES string of the molecule is Oc1c(F)c(F)c(F)c(F)c1F.c1cc[c]([Ge]([c]2ccccc2)[c]2ccccc2)cc1. The molecule has 4 rings (SSSR count). The molecule has 0 heterocycles. The van der Waals surface area contributed by atoms with Gasteiger partial charge in [-0.1, -0.05) is 0 Å². The third-order valence-corrected chi connectivity index (χ3v) is 10.1. The van der Waals surface area contributed by atoms with Crippen molar-refractivity contribution < 1.29 is 27.1 Å². The molecule has 0 spiro atoms. The normalized spacial score (nSPS) is 10.5. The molecule has 0 aromatic heterocycles. The minimum absolute atomic E-state index is 1.50. The van der Waals surface area contributed by atoms with Gasteiger partial charge in [0.25, 0.3) is 0 Å². The van der Waals surface area contributed by atoms with Gasteiger partial charge in [0.1, 0.15) is 0 Å². The number of hydrogen-bond donors (Lipinski definition) is 1. The molecule has 157 valence electrons. The molecule has 0 saturated heterocycles. The molecular formula is C24H16F5GeO. The van der Waals surface area contributed by atoms with Crippen LogP contribution in [-0.2, 0) is 0 Å². The van der Waals surface area contributed by atoms with Gasteiger partial charge in [0.05, 0.1) is 0 Å². The van der Waals surface area contributed by atoms with Crippen molar-refractivity contribution in [1.29, 1.82) is 0 Å². The summed E-state index contributed by atoms with van der Waals surface area (Å²) in [4.78, 5) is 0. The van der Waals surface area contributed by atoms with Crippen LogP contribution in [0.3, 0.4) is 0 Å². The van der Waals surface area contributed by atoms with Crippen LogP contribution >= 0.6 is 0 Å². The molecule has 0 unspecified atom stereocenters. The van der Waals surface area contributed by atoms with Crippen LogP contribution in [0.2, 0.25) is 0 Å². The van der Waals surface area contributed by atoms with Gasteiger partial charge >= 0.3 is 119 Å². The second-order valence-corrected chi connectivity index (χ2v) is 11.6. The van der Waals surface area contributed by atoms with E-state index in [1.807, 2.05) is 0 Å². The van der Waals surface area contributed by atoms with Crippen LogP contribution in [0.1, 0.15) is 0 Å². The number of benzene rings is 4. The van der Waals surface area contributed by atoms with Gasteiger partial charge in [-0.25, -0.2) is 13.2 Å². The minimum atomic E-state index is -2.29. The van der Waals surface area contributed by atoms with Gasteiger partial charge in [-0.05, 0) is 0 Å². The van der Waals surface area contributed by atoms with Crippen LogP contribution in [-0.4, -0.2) is 19.5 Å². The number of aromatic hydroxyl groups is 1. The van der Waals surface area contributed by atoms with Crippen molar-refractivity contribution in [2.24, 2.45) is 0 Å². The zero-order chi connectivity index (χ0) is 22.4. The fourth-order valence-corrected chi connectivity index (χ4v) is 8.32. The zero-order valence-corrected chi connectivity index (χ0v) is 18.1. The molecule has 7 heteroatoms. The first kappa shape index (κ1) is 22.6. The van der Waals surface area contributed by atoms with E-state index in [-0.39, 0.29) is 0 Å². The van der Waals surface area contributed by atoms with Crippen molar-refractivity contribution in [3.8, 4) is 5.75 Å². The molecule has 0 aliphatic carbocycles. The summed E-state index contributed by atoms with van der Waals surface area (Å²) in [5.41, 5.74) is 0. The molecular weight excluding hydrogens is 472 g/mol. The van der Waals surface area contributed by atoms with Crippen molar-refractivity contribution >= 4 is 27.5 Å². The molecule has 0 bridgehead atoms. The number of halogens is 5. The Labute approximate surface area is 180 Å². The van der Waals surface area contributed by atoms with Crippen LogP contribution in [0, 0.1) is 29.1 Å². The molecule has 4 aromatic rings. The third-order valence-electron chi connectivity index (χ3n) is 4.37. The first-order valence-corrected chi connectivity index (χ1v) is 12.3. The maximum atomic E-state index is 12.2. The van der Waals surface area contributed by atoms with Crippen LogP contribution < -0.4 is 13.2 Å². The Hall–Kier alpha value is -3.13. The van der Waals surface area contributed by atoms with E-state index < -0.39 is 49.2 Å². The average molecular weight is 488 g/mol. The van der Waals surface area contributed by atoms with E-state index >= 15 is 0 Å². The van der Waals surface area contributed by atoms with Crippen LogP contribution in [0.15, 0.2) is 91.0 Å². The van der Waals surface area contributed by atoms with Crippen molar-refractivity contribution in [3.63, 3.8) is 0 Å². The van der Waals surface area contributed by atoms with E-state index in [0.717, 1.165) is 0 Å². The van der Waals surface area contributed by atoms with Gasteiger partial charge in [-0.2, -0.15) is 8.78 Å². The van der Waals surface area contributed by atoms with E-state index in [4.69, 9.17) is 5.11 Å². The number of phenols is 1. The van der Waals surface area contributed by atoms with Gasteiger partial charge in [-0.15, -0.1) is 0 Å². The fraction of sp³-hybridized carbons (Fsp3) is 0. The Morgan fingerprint density at radius 3 is 0.968 bits per heavy atom. The number of hydrogen-bond acceptors (Lipinski definition) is 1. The van der Waals surface area contributed by atoms with Crippen LogP contribution in [0.4, 0.5) is 22.0 Å². The fourth-order valence-electron chi connectivity index (χ4n) is 2.91. The molecule has 1 radical (unpaired) electrons. The molecule has 0 amide bonds. The Bertz CT molecular complexity index is 940. The van der Waals surface area contributed by atoms with E-state index in [2.05, 4.69) is 91.0 Å². The first-order chi connectivity index (χ1) is 14.9. The summed E-state index contributed by atoms with van der Waals surface area (Å²) in [6.45, 7) is 0. The third kappa shape index (κ3) is 5.14. The molecule has 31 heavy (non-hydrogen) atoms. The Balaban J connectivity index is 0.000000196. The summed E-state index contributed by atoms with van der Waals surface area (Å²) in [7, 11) is 0. The first-order valence-electron chi connectivity index (χ1n) is 9.15. The van der Waals surface area contributed by atoms with Gasteiger partial charge < -0.3 is 5.11 Å². The van der Waals surface area contributed by atoms with E-state index in [1.165, 1.54) is 13.2 Å². The molecule has 1 N–H and O–H groups in total. The Morgan fingerprint density at radius 1 is 0.419 bits per heavy atom. The predicted octanol–water partition coefficient (Wildman–Crippen LogP) is 4.29. The van der Waals surface area contributed by atoms with Crippen molar-refractivity contribution in [3.05, 3.63) is 120 Å². The maximum absolute atomic E-state index is 12.2. The van der Waals surface area contributed by atoms with Gasteiger partial charge in [0, 0.05) is 0 Å². The molecule has 1 nitrogen and oxygen atoms in total. The molecule has 0 atom stereocenters. The second-order valence-electron chi connectivity index (χ2n) is 6.39. The van der Waals surface area contributed by atoms with E-state index in [1.54, 1.807) is 0 Å². The topological polar surface area (TPSA) is 20.2 Å². The molecule has 0 fully saturated rings. The Morgan fingerprint density at radius 2 is 0.677 bits per heavy atom. The van der Waals surface area contributed by atoms with Crippen molar-refractivity contribution in [1.82, 2.24) is 0 Å². The quantitative estimate of drug-likeness (QED) is 0.198. The van der Waals surface area contributed by atoms with E-state index in [9.17, 15) is 22.0 Å². The van der Waals surface area contributed by atoms with E-state index in [0.29, 0.717) is 0 Å². The van der Waals surface area contributed by atoms with Crippen molar-refractivity contribution in [2.75, 3.05) is 0 Å². The summed E-state index contributed by atoms with van der Waals surface area (Å²) < 4.78 is 65.1. The summed E-state index contributed by atoms with van der Waals surface area (Å²) in [6, 6.07) is 32.8. The van der Waals surface area contributed by atoms with Gasteiger partial charge in [0.2, 0.25) is 29.1 Å². The molecule has 0 aliphatic heterocycles. The standard InChI is InChI=1S/C18H15Ge.C6HF5O/c1-4-10-16(11-5-1)19(17-12-6-2-7-13-17)18-14-8-3-9-15-18;7-1-2(8)4(10)6(12)5(11)3(1)9/h1-15H;12H. The number of rotatable bonds is 3. The van der Waals surface area contributed by atoms with Gasteiger partial charge in [-0.3, -0.25) is 0 Å². The number of phenolic OH excluding ortho intramolecular Hbond substituents is 1. The van der Waals surface area contributed by atoms with Gasteiger partial charge in [0.15, 0.2) is 5.75 Å².